The molecule has 5 heteroatoms. The average molecular weight is 342 g/mol. The molecular formula is C21H18N4O. The van der Waals surface area contributed by atoms with Gasteiger partial charge in [0.05, 0.1) is 5.56 Å². The predicted octanol–water partition coefficient (Wildman–Crippen LogP) is 3.71. The van der Waals surface area contributed by atoms with E-state index in [1.165, 1.54) is 0 Å². The lowest BCUT2D eigenvalue weighted by molar-refractivity contribution is 0.102. The highest BCUT2D eigenvalue weighted by atomic mass is 16.1. The van der Waals surface area contributed by atoms with Crippen molar-refractivity contribution in [2.45, 2.75) is 13.5 Å². The molecule has 3 rings (SSSR count). The minimum atomic E-state index is -0.218. The summed E-state index contributed by atoms with van der Waals surface area (Å²) in [5.41, 5.74) is 3.16. The fourth-order valence-electron chi connectivity index (χ4n) is 2.40. The molecule has 0 fully saturated rings. The van der Waals surface area contributed by atoms with Crippen LogP contribution >= 0.6 is 0 Å². The number of nitrogens with zero attached hydrogens (tertiary/aromatic N) is 2. The van der Waals surface area contributed by atoms with Gasteiger partial charge in [0.25, 0.3) is 5.91 Å². The second-order valence-corrected chi connectivity index (χ2v) is 5.52. The van der Waals surface area contributed by atoms with Crippen LogP contribution in [0.25, 0.3) is 0 Å². The third-order valence-corrected chi connectivity index (χ3v) is 3.67. The van der Waals surface area contributed by atoms with E-state index in [0.29, 0.717) is 23.6 Å². The van der Waals surface area contributed by atoms with Crippen molar-refractivity contribution in [2.24, 2.45) is 0 Å². The number of pyridine rings is 2. The largest absolute Gasteiger partial charge is 0.365 e. The van der Waals surface area contributed by atoms with Gasteiger partial charge in [-0.2, -0.15) is 0 Å². The molecule has 0 saturated carbocycles. The first-order chi connectivity index (χ1) is 12.8. The van der Waals surface area contributed by atoms with Crippen molar-refractivity contribution >= 4 is 17.4 Å². The number of amides is 1. The predicted molar refractivity (Wildman–Crippen MR) is 103 cm³/mol. The molecule has 26 heavy (non-hydrogen) atoms. The maximum atomic E-state index is 12.6. The molecule has 0 bridgehead atoms. The summed E-state index contributed by atoms with van der Waals surface area (Å²) in [6, 6.07) is 14.7. The summed E-state index contributed by atoms with van der Waals surface area (Å²) >= 11 is 0. The molecule has 3 aromatic rings. The van der Waals surface area contributed by atoms with Crippen molar-refractivity contribution in [2.75, 3.05) is 10.6 Å². The number of carbonyl (C=O) groups is 1. The van der Waals surface area contributed by atoms with Gasteiger partial charge in [0.15, 0.2) is 0 Å². The minimum Gasteiger partial charge on any atom is -0.365 e. The third kappa shape index (κ3) is 4.46. The minimum absolute atomic E-state index is 0.218. The number of benzene rings is 1. The Kier molecular flexibility index (Phi) is 5.58. The van der Waals surface area contributed by atoms with Gasteiger partial charge in [-0.15, -0.1) is 5.92 Å². The number of rotatable bonds is 5. The lowest BCUT2D eigenvalue weighted by Crippen LogP contribution is -2.15. The standard InChI is InChI=1S/C21H18N4O/c1-2-4-16-6-8-18(9-7-16)25-21(26)19-5-3-12-23-20(19)24-15-17-10-13-22-14-11-17/h3,5-14H,15H2,1H3,(H,23,24)(H,25,26). The van der Waals surface area contributed by atoms with E-state index < -0.39 is 0 Å². The van der Waals surface area contributed by atoms with Crippen LogP contribution in [0.4, 0.5) is 11.5 Å². The number of hydrogen-bond acceptors (Lipinski definition) is 4. The molecule has 2 N–H and O–H groups in total. The fourth-order valence-corrected chi connectivity index (χ4v) is 2.40. The Morgan fingerprint density at radius 1 is 1.04 bits per heavy atom. The van der Waals surface area contributed by atoms with Gasteiger partial charge in [-0.25, -0.2) is 4.98 Å². The van der Waals surface area contributed by atoms with Gasteiger partial charge in [0.1, 0.15) is 5.82 Å². The molecule has 2 heterocycles. The molecule has 0 unspecified atom stereocenters. The van der Waals surface area contributed by atoms with Crippen LogP contribution in [0.1, 0.15) is 28.4 Å². The van der Waals surface area contributed by atoms with E-state index in [1.54, 1.807) is 37.6 Å². The molecule has 0 spiro atoms. The van der Waals surface area contributed by atoms with Crippen LogP contribution in [-0.2, 0) is 6.54 Å². The van der Waals surface area contributed by atoms with Crippen molar-refractivity contribution in [3.8, 4) is 11.8 Å². The molecule has 0 radical (unpaired) electrons. The Hall–Kier alpha value is -3.65. The van der Waals surface area contributed by atoms with Crippen molar-refractivity contribution in [3.63, 3.8) is 0 Å². The number of aromatic nitrogens is 2. The summed E-state index contributed by atoms with van der Waals surface area (Å²) in [6.45, 7) is 2.35. The van der Waals surface area contributed by atoms with E-state index in [-0.39, 0.29) is 5.91 Å². The van der Waals surface area contributed by atoms with Gasteiger partial charge in [0, 0.05) is 36.4 Å². The maximum absolute atomic E-state index is 12.6. The number of anilines is 2. The molecule has 5 nitrogen and oxygen atoms in total. The van der Waals surface area contributed by atoms with Crippen molar-refractivity contribution in [3.05, 3.63) is 83.8 Å². The van der Waals surface area contributed by atoms with Crippen LogP contribution in [0.5, 0.6) is 0 Å². The number of carbonyl (C=O) groups excluding carboxylic acids is 1. The lowest BCUT2D eigenvalue weighted by Gasteiger charge is -2.11. The molecular weight excluding hydrogens is 324 g/mol. The summed E-state index contributed by atoms with van der Waals surface area (Å²) in [4.78, 5) is 20.9. The zero-order valence-electron chi connectivity index (χ0n) is 14.4. The summed E-state index contributed by atoms with van der Waals surface area (Å²) < 4.78 is 0. The topological polar surface area (TPSA) is 66.9 Å². The van der Waals surface area contributed by atoms with Gasteiger partial charge in [0.2, 0.25) is 0 Å². The summed E-state index contributed by atoms with van der Waals surface area (Å²) in [5.74, 6) is 6.14. The zero-order chi connectivity index (χ0) is 18.2. The Labute approximate surface area is 152 Å². The first-order valence-corrected chi connectivity index (χ1v) is 8.18. The fraction of sp³-hybridized carbons (Fsp3) is 0.0952. The molecule has 2 aromatic heterocycles. The van der Waals surface area contributed by atoms with Gasteiger partial charge in [-0.05, 0) is 61.0 Å². The van der Waals surface area contributed by atoms with E-state index in [4.69, 9.17) is 0 Å². The van der Waals surface area contributed by atoms with Crippen LogP contribution < -0.4 is 10.6 Å². The molecule has 0 aliphatic rings. The van der Waals surface area contributed by atoms with Gasteiger partial charge >= 0.3 is 0 Å². The second-order valence-electron chi connectivity index (χ2n) is 5.52. The van der Waals surface area contributed by atoms with Crippen LogP contribution in [0.2, 0.25) is 0 Å². The van der Waals surface area contributed by atoms with Crippen LogP contribution in [0.15, 0.2) is 67.1 Å². The second kappa shape index (κ2) is 8.45. The van der Waals surface area contributed by atoms with E-state index in [9.17, 15) is 4.79 Å². The quantitative estimate of drug-likeness (QED) is 0.694. The smallest absolute Gasteiger partial charge is 0.259 e. The van der Waals surface area contributed by atoms with Crippen LogP contribution in [0, 0.1) is 11.8 Å². The van der Waals surface area contributed by atoms with Crippen molar-refractivity contribution in [1.82, 2.24) is 9.97 Å². The molecule has 128 valence electrons. The van der Waals surface area contributed by atoms with Crippen LogP contribution in [0.3, 0.4) is 0 Å². The lowest BCUT2D eigenvalue weighted by atomic mass is 10.2. The SMILES string of the molecule is CC#Cc1ccc(NC(=O)c2cccnc2NCc2ccncc2)cc1. The highest BCUT2D eigenvalue weighted by Gasteiger charge is 2.12. The van der Waals surface area contributed by atoms with E-state index >= 15 is 0 Å². The van der Waals surface area contributed by atoms with Crippen molar-refractivity contribution in [1.29, 1.82) is 0 Å². The van der Waals surface area contributed by atoms with E-state index in [2.05, 4.69) is 32.4 Å². The molecule has 0 aliphatic heterocycles. The highest BCUT2D eigenvalue weighted by molar-refractivity contribution is 6.07. The molecule has 1 aromatic carbocycles. The van der Waals surface area contributed by atoms with Crippen LogP contribution in [-0.4, -0.2) is 15.9 Å². The first kappa shape index (κ1) is 17.2. The first-order valence-electron chi connectivity index (χ1n) is 8.18. The van der Waals surface area contributed by atoms with Gasteiger partial charge in [-0.1, -0.05) is 5.92 Å². The van der Waals surface area contributed by atoms with E-state index in [1.807, 2.05) is 36.4 Å². The van der Waals surface area contributed by atoms with E-state index in [0.717, 1.165) is 11.1 Å². The van der Waals surface area contributed by atoms with Gasteiger partial charge in [-0.3, -0.25) is 9.78 Å². The highest BCUT2D eigenvalue weighted by Crippen LogP contribution is 2.16. The Bertz CT molecular complexity index is 941. The summed E-state index contributed by atoms with van der Waals surface area (Å²) in [5, 5.41) is 6.09. The molecule has 0 aliphatic carbocycles. The molecule has 0 saturated heterocycles. The third-order valence-electron chi connectivity index (χ3n) is 3.67. The average Bonchev–Trinajstić information content (AvgIpc) is 2.69. The summed E-state index contributed by atoms with van der Waals surface area (Å²) in [7, 11) is 0. The molecule has 0 atom stereocenters. The Morgan fingerprint density at radius 2 is 1.81 bits per heavy atom. The zero-order valence-corrected chi connectivity index (χ0v) is 14.4. The monoisotopic (exact) mass is 342 g/mol. The Morgan fingerprint density at radius 3 is 2.54 bits per heavy atom. The number of hydrogen-bond donors (Lipinski definition) is 2. The molecule has 1 amide bonds. The van der Waals surface area contributed by atoms with Gasteiger partial charge < -0.3 is 10.6 Å². The summed E-state index contributed by atoms with van der Waals surface area (Å²) in [6.07, 6.45) is 5.12. The van der Waals surface area contributed by atoms with Crippen molar-refractivity contribution < 1.29 is 4.79 Å². The number of nitrogens with one attached hydrogen (secondary N) is 2. The maximum Gasteiger partial charge on any atom is 0.259 e. The Balaban J connectivity index is 1.71. The normalized spacial score (nSPS) is 9.73.